The van der Waals surface area contributed by atoms with Gasteiger partial charge in [-0.2, -0.15) is 0 Å². The summed E-state index contributed by atoms with van der Waals surface area (Å²) in [5.74, 6) is 0. The number of hydrogen-bond acceptors (Lipinski definition) is 1. The zero-order chi connectivity index (χ0) is 9.26. The molecule has 0 bridgehead atoms. The molecule has 1 nitrogen and oxygen atoms in total. The first-order valence-corrected chi connectivity index (χ1v) is 4.87. The highest BCUT2D eigenvalue weighted by Crippen LogP contribution is 2.30. The predicted octanol–water partition coefficient (Wildman–Crippen LogP) is 2.63. The van der Waals surface area contributed by atoms with Crippen molar-refractivity contribution in [1.82, 2.24) is 0 Å². The first kappa shape index (κ1) is 8.79. The summed E-state index contributed by atoms with van der Waals surface area (Å²) in [7, 11) is 0. The van der Waals surface area contributed by atoms with Gasteiger partial charge in [-0.05, 0) is 35.6 Å². The third kappa shape index (κ3) is 1.50. The van der Waals surface area contributed by atoms with Gasteiger partial charge in [0.1, 0.15) is 0 Å². The molecule has 2 heteroatoms. The van der Waals surface area contributed by atoms with E-state index in [0.717, 1.165) is 17.9 Å². The Labute approximate surface area is 83.2 Å². The fraction of sp³-hybridized carbons (Fsp3) is 0.273. The molecule has 0 saturated heterocycles. The lowest BCUT2D eigenvalue weighted by Crippen LogP contribution is -2.08. The Morgan fingerprint density at radius 1 is 1.38 bits per heavy atom. The van der Waals surface area contributed by atoms with Crippen LogP contribution in [0.5, 0.6) is 0 Å². The van der Waals surface area contributed by atoms with Crippen LogP contribution < -0.4 is 5.73 Å². The molecule has 0 radical (unpaired) electrons. The Morgan fingerprint density at radius 3 is 3.00 bits per heavy atom. The predicted molar refractivity (Wildman–Crippen MR) is 56.8 cm³/mol. The quantitative estimate of drug-likeness (QED) is 0.729. The summed E-state index contributed by atoms with van der Waals surface area (Å²) in [5.41, 5.74) is 9.38. The van der Waals surface area contributed by atoms with Crippen LogP contribution in [0.3, 0.4) is 0 Å². The first-order valence-electron chi connectivity index (χ1n) is 4.50. The zero-order valence-electron chi connectivity index (χ0n) is 7.39. The van der Waals surface area contributed by atoms with Crippen LogP contribution in [-0.4, -0.2) is 6.54 Å². The van der Waals surface area contributed by atoms with Crippen LogP contribution in [0.4, 0.5) is 0 Å². The molecule has 0 saturated carbocycles. The van der Waals surface area contributed by atoms with Gasteiger partial charge in [0.2, 0.25) is 0 Å². The van der Waals surface area contributed by atoms with Crippen LogP contribution in [0.25, 0.3) is 5.57 Å². The van der Waals surface area contributed by atoms with Gasteiger partial charge in [-0.25, -0.2) is 0 Å². The lowest BCUT2D eigenvalue weighted by Gasteiger charge is -2.17. The molecule has 0 unspecified atom stereocenters. The average molecular weight is 194 g/mol. The summed E-state index contributed by atoms with van der Waals surface area (Å²) in [6.45, 7) is 0.605. The van der Waals surface area contributed by atoms with Gasteiger partial charge in [0.15, 0.2) is 0 Å². The van der Waals surface area contributed by atoms with Gasteiger partial charge >= 0.3 is 0 Å². The second kappa shape index (κ2) is 3.52. The van der Waals surface area contributed by atoms with E-state index in [0.29, 0.717) is 6.54 Å². The number of rotatable bonds is 1. The number of nitrogens with two attached hydrogens (primary N) is 1. The standard InChI is InChI=1S/C11H12ClN/c12-11-6-2-4-9-8(7-13)3-1-5-10(9)11/h2-4,6H,1,5,7,13H2. The second-order valence-electron chi connectivity index (χ2n) is 3.24. The Kier molecular flexibility index (Phi) is 2.38. The van der Waals surface area contributed by atoms with Crippen molar-refractivity contribution in [2.45, 2.75) is 12.8 Å². The highest BCUT2D eigenvalue weighted by atomic mass is 35.5. The molecule has 2 N–H and O–H groups in total. The smallest absolute Gasteiger partial charge is 0.0444 e. The molecule has 1 aromatic carbocycles. The molecule has 0 heterocycles. The Bertz CT molecular complexity index is 355. The molecule has 0 amide bonds. The Hall–Kier alpha value is -0.790. The van der Waals surface area contributed by atoms with Crippen molar-refractivity contribution in [1.29, 1.82) is 0 Å². The minimum atomic E-state index is 0.605. The largest absolute Gasteiger partial charge is 0.326 e. The molecular weight excluding hydrogens is 182 g/mol. The van der Waals surface area contributed by atoms with Crippen molar-refractivity contribution in [3.8, 4) is 0 Å². The van der Waals surface area contributed by atoms with Gasteiger partial charge in [-0.1, -0.05) is 29.8 Å². The van der Waals surface area contributed by atoms with Crippen molar-refractivity contribution >= 4 is 17.2 Å². The van der Waals surface area contributed by atoms with E-state index in [1.165, 1.54) is 16.7 Å². The van der Waals surface area contributed by atoms with Crippen LogP contribution in [0.1, 0.15) is 17.5 Å². The van der Waals surface area contributed by atoms with Crippen LogP contribution >= 0.6 is 11.6 Å². The van der Waals surface area contributed by atoms with E-state index in [9.17, 15) is 0 Å². The fourth-order valence-electron chi connectivity index (χ4n) is 1.81. The number of hydrogen-bond donors (Lipinski definition) is 1. The Morgan fingerprint density at radius 2 is 2.23 bits per heavy atom. The number of allylic oxidation sites excluding steroid dienone is 1. The maximum absolute atomic E-state index is 6.10. The summed E-state index contributed by atoms with van der Waals surface area (Å²) in [6.07, 6.45) is 4.31. The minimum Gasteiger partial charge on any atom is -0.326 e. The number of benzene rings is 1. The highest BCUT2D eigenvalue weighted by Gasteiger charge is 2.13. The first-order chi connectivity index (χ1) is 6.33. The van der Waals surface area contributed by atoms with Crippen LogP contribution in [0, 0.1) is 0 Å². The average Bonchev–Trinajstić information content (AvgIpc) is 2.18. The molecule has 0 aliphatic heterocycles. The molecule has 0 atom stereocenters. The van der Waals surface area contributed by atoms with Gasteiger partial charge in [-0.3, -0.25) is 0 Å². The summed E-state index contributed by atoms with van der Waals surface area (Å²) in [5, 5.41) is 0.872. The van der Waals surface area contributed by atoms with Crippen molar-refractivity contribution in [3.05, 3.63) is 40.4 Å². The number of fused-ring (bicyclic) bond motifs is 1. The summed E-state index contributed by atoms with van der Waals surface area (Å²) >= 11 is 6.10. The molecule has 0 fully saturated rings. The van der Waals surface area contributed by atoms with Crippen LogP contribution in [-0.2, 0) is 6.42 Å². The molecule has 0 aromatic heterocycles. The van der Waals surface area contributed by atoms with Gasteiger partial charge in [0.25, 0.3) is 0 Å². The normalized spacial score (nSPS) is 15.1. The SMILES string of the molecule is NCC1=CCCc2c(Cl)cccc21. The maximum Gasteiger partial charge on any atom is 0.0444 e. The van der Waals surface area contributed by atoms with E-state index in [1.807, 2.05) is 12.1 Å². The molecular formula is C11H12ClN. The third-order valence-corrected chi connectivity index (χ3v) is 2.82. The van der Waals surface area contributed by atoms with E-state index in [-0.39, 0.29) is 0 Å². The minimum absolute atomic E-state index is 0.605. The van der Waals surface area contributed by atoms with Gasteiger partial charge in [-0.15, -0.1) is 0 Å². The molecule has 1 aliphatic rings. The maximum atomic E-state index is 6.10. The molecule has 1 aliphatic carbocycles. The van der Waals surface area contributed by atoms with E-state index in [4.69, 9.17) is 17.3 Å². The lowest BCUT2D eigenvalue weighted by atomic mass is 9.91. The highest BCUT2D eigenvalue weighted by molar-refractivity contribution is 6.31. The molecule has 2 rings (SSSR count). The lowest BCUT2D eigenvalue weighted by molar-refractivity contribution is 0.967. The van der Waals surface area contributed by atoms with Crippen molar-refractivity contribution in [3.63, 3.8) is 0 Å². The van der Waals surface area contributed by atoms with Crippen molar-refractivity contribution in [2.24, 2.45) is 5.73 Å². The fourth-order valence-corrected chi connectivity index (χ4v) is 2.08. The molecule has 68 valence electrons. The summed E-state index contributed by atoms with van der Waals surface area (Å²) in [4.78, 5) is 0. The molecule has 1 aromatic rings. The summed E-state index contributed by atoms with van der Waals surface area (Å²) in [6, 6.07) is 6.02. The van der Waals surface area contributed by atoms with Crippen LogP contribution in [0.15, 0.2) is 24.3 Å². The Balaban J connectivity index is 2.55. The van der Waals surface area contributed by atoms with E-state index in [1.54, 1.807) is 0 Å². The van der Waals surface area contributed by atoms with E-state index in [2.05, 4.69) is 12.1 Å². The summed E-state index contributed by atoms with van der Waals surface area (Å²) < 4.78 is 0. The van der Waals surface area contributed by atoms with E-state index < -0.39 is 0 Å². The second-order valence-corrected chi connectivity index (χ2v) is 3.65. The third-order valence-electron chi connectivity index (χ3n) is 2.47. The van der Waals surface area contributed by atoms with E-state index >= 15 is 0 Å². The topological polar surface area (TPSA) is 26.0 Å². The molecule has 0 spiro atoms. The van der Waals surface area contributed by atoms with Gasteiger partial charge < -0.3 is 5.73 Å². The monoisotopic (exact) mass is 193 g/mol. The van der Waals surface area contributed by atoms with Gasteiger partial charge in [0, 0.05) is 11.6 Å². The van der Waals surface area contributed by atoms with Crippen molar-refractivity contribution in [2.75, 3.05) is 6.54 Å². The van der Waals surface area contributed by atoms with Crippen LogP contribution in [0.2, 0.25) is 5.02 Å². The molecule has 13 heavy (non-hydrogen) atoms. The number of halogens is 1. The van der Waals surface area contributed by atoms with Gasteiger partial charge in [0.05, 0.1) is 0 Å². The van der Waals surface area contributed by atoms with Crippen molar-refractivity contribution < 1.29 is 0 Å². The zero-order valence-corrected chi connectivity index (χ0v) is 8.14.